The highest BCUT2D eigenvalue weighted by Gasteiger charge is 2.45. The molecule has 45 heavy (non-hydrogen) atoms. The summed E-state index contributed by atoms with van der Waals surface area (Å²) < 4.78 is 38.0. The van der Waals surface area contributed by atoms with Gasteiger partial charge in [-0.2, -0.15) is 9.97 Å². The van der Waals surface area contributed by atoms with Gasteiger partial charge in [-0.05, 0) is 75.2 Å². The number of nitrogens with two attached hydrogens (primary N) is 1. The second kappa shape index (κ2) is 11.3. The van der Waals surface area contributed by atoms with Gasteiger partial charge in [0.2, 0.25) is 0 Å². The third-order valence-electron chi connectivity index (χ3n) is 9.44. The van der Waals surface area contributed by atoms with Crippen LogP contribution < -0.4 is 15.4 Å². The Hall–Kier alpha value is -4.82. The smallest absolute Gasteiger partial charge is 0.319 e. The van der Waals surface area contributed by atoms with Crippen LogP contribution >= 0.6 is 0 Å². The van der Waals surface area contributed by atoms with E-state index in [1.54, 1.807) is 7.05 Å². The minimum Gasteiger partial charge on any atom is -0.508 e. The lowest BCUT2D eigenvalue weighted by Gasteiger charge is -2.33. The molecule has 0 aliphatic carbocycles. The minimum atomic E-state index is -0.777. The Kier molecular flexibility index (Phi) is 7.25. The summed E-state index contributed by atoms with van der Waals surface area (Å²) >= 11 is 0. The van der Waals surface area contributed by atoms with Gasteiger partial charge in [0.15, 0.2) is 5.82 Å². The highest BCUT2D eigenvalue weighted by molar-refractivity contribution is 6.06. The number of piperidine rings is 1. The van der Waals surface area contributed by atoms with Crippen LogP contribution in [-0.2, 0) is 0 Å². The monoisotopic (exact) mass is 609 g/mol. The van der Waals surface area contributed by atoms with E-state index in [2.05, 4.69) is 25.8 Å². The van der Waals surface area contributed by atoms with Crippen LogP contribution in [0.25, 0.3) is 32.9 Å². The van der Waals surface area contributed by atoms with E-state index in [1.807, 2.05) is 4.90 Å². The Morgan fingerprint density at radius 1 is 1.16 bits per heavy atom. The molecule has 0 bridgehead atoms. The number of benzene rings is 2. The van der Waals surface area contributed by atoms with E-state index in [1.165, 1.54) is 36.7 Å². The van der Waals surface area contributed by atoms with Crippen molar-refractivity contribution in [2.24, 2.45) is 10.7 Å². The van der Waals surface area contributed by atoms with Crippen molar-refractivity contribution in [1.29, 1.82) is 0 Å². The zero-order chi connectivity index (χ0) is 31.3. The van der Waals surface area contributed by atoms with Crippen LogP contribution in [0.15, 0.2) is 47.4 Å². The second-order valence-corrected chi connectivity index (χ2v) is 11.9. The predicted octanol–water partition coefficient (Wildman–Crippen LogP) is 5.29. The molecule has 3 fully saturated rings. The van der Waals surface area contributed by atoms with Crippen LogP contribution in [0.5, 0.6) is 11.8 Å². The third kappa shape index (κ3) is 4.71. The van der Waals surface area contributed by atoms with Crippen LogP contribution in [-0.4, -0.2) is 69.5 Å². The summed E-state index contributed by atoms with van der Waals surface area (Å²) in [6.07, 6.45) is 14.4. The number of fused-ring (bicyclic) bond motifs is 3. The summed E-state index contributed by atoms with van der Waals surface area (Å²) in [6, 6.07) is 5.52. The summed E-state index contributed by atoms with van der Waals surface area (Å²) in [5, 5.41) is 11.6. The third-order valence-corrected chi connectivity index (χ3v) is 9.44. The molecular weight excluding hydrogens is 576 g/mol. The number of phenols is 1. The maximum atomic E-state index is 16.8. The van der Waals surface area contributed by atoms with E-state index in [9.17, 15) is 9.50 Å². The first-order valence-corrected chi connectivity index (χ1v) is 15.2. The van der Waals surface area contributed by atoms with Gasteiger partial charge in [-0.3, -0.25) is 14.9 Å². The molecule has 0 saturated carbocycles. The lowest BCUT2D eigenvalue weighted by molar-refractivity contribution is 0.108. The largest absolute Gasteiger partial charge is 0.508 e. The number of pyridine rings is 1. The van der Waals surface area contributed by atoms with Gasteiger partial charge in [0, 0.05) is 36.9 Å². The average molecular weight is 610 g/mol. The number of hydrogen-bond donors (Lipinski definition) is 2. The zero-order valence-electron chi connectivity index (χ0n) is 25.0. The molecule has 4 aromatic rings. The van der Waals surface area contributed by atoms with Gasteiger partial charge in [0.1, 0.15) is 35.2 Å². The number of aromatic nitrogens is 3. The van der Waals surface area contributed by atoms with Crippen molar-refractivity contribution < 1.29 is 18.6 Å². The van der Waals surface area contributed by atoms with Gasteiger partial charge in [0.25, 0.3) is 0 Å². The summed E-state index contributed by atoms with van der Waals surface area (Å²) in [6.45, 7) is 3.02. The molecule has 0 spiro atoms. The Morgan fingerprint density at radius 2 is 1.96 bits per heavy atom. The lowest BCUT2D eigenvalue weighted by Crippen LogP contribution is -2.43. The van der Waals surface area contributed by atoms with Crippen LogP contribution in [0.2, 0.25) is 0 Å². The molecule has 0 amide bonds. The molecule has 9 nitrogen and oxygen atoms in total. The van der Waals surface area contributed by atoms with Crippen molar-refractivity contribution in [3.63, 3.8) is 0 Å². The fraction of sp³-hybridized carbons (Fsp3) is 0.353. The quantitative estimate of drug-likeness (QED) is 0.294. The summed E-state index contributed by atoms with van der Waals surface area (Å²) in [5.41, 5.74) is 7.42. The highest BCUT2D eigenvalue weighted by atomic mass is 19.1. The van der Waals surface area contributed by atoms with Crippen molar-refractivity contribution in [2.45, 2.75) is 44.1 Å². The van der Waals surface area contributed by atoms with E-state index in [4.69, 9.17) is 21.9 Å². The summed E-state index contributed by atoms with van der Waals surface area (Å²) in [5.74, 6) is 1.22. The van der Waals surface area contributed by atoms with E-state index in [0.29, 0.717) is 35.4 Å². The number of hydrogen-bond acceptors (Lipinski definition) is 9. The molecule has 3 saturated heterocycles. The molecule has 3 aliphatic rings. The second-order valence-electron chi connectivity index (χ2n) is 11.9. The number of halogens is 2. The Bertz CT molecular complexity index is 1940. The molecular formula is C34H33F2N7O2. The van der Waals surface area contributed by atoms with Crippen LogP contribution in [0.4, 0.5) is 14.6 Å². The molecule has 5 heterocycles. The molecule has 2 aromatic heterocycles. The molecule has 11 heteroatoms. The number of anilines is 1. The lowest BCUT2D eigenvalue weighted by atomic mass is 9.95. The van der Waals surface area contributed by atoms with Gasteiger partial charge < -0.3 is 20.5 Å². The van der Waals surface area contributed by atoms with Crippen molar-refractivity contribution in [2.75, 3.05) is 38.2 Å². The molecule has 3 aliphatic heterocycles. The molecule has 3 N–H and O–H groups in total. The number of phenolic OH excluding ortho intramolecular Hbond substituents is 1. The van der Waals surface area contributed by atoms with Crippen molar-refractivity contribution in [3.8, 4) is 35.4 Å². The Balaban J connectivity index is 1.43. The summed E-state index contributed by atoms with van der Waals surface area (Å²) in [4.78, 5) is 22.7. The number of ether oxygens (including phenoxy) is 1. The van der Waals surface area contributed by atoms with Gasteiger partial charge in [-0.15, -0.1) is 6.42 Å². The van der Waals surface area contributed by atoms with Crippen molar-refractivity contribution in [1.82, 2.24) is 19.9 Å². The number of nitrogens with zero attached hydrogens (tertiary/aromatic N) is 6. The fourth-order valence-corrected chi connectivity index (χ4v) is 7.33. The number of rotatable bonds is 5. The first kappa shape index (κ1) is 28.9. The maximum Gasteiger partial charge on any atom is 0.319 e. The van der Waals surface area contributed by atoms with Gasteiger partial charge >= 0.3 is 6.01 Å². The van der Waals surface area contributed by atoms with Crippen molar-refractivity contribution >= 4 is 33.2 Å². The minimum absolute atomic E-state index is 0.0284. The zero-order valence-corrected chi connectivity index (χ0v) is 25.0. The first-order valence-electron chi connectivity index (χ1n) is 15.2. The topological polar surface area (TPSA) is 113 Å². The standard InChI is InChI=1S/C34H33F2N7O2/c1-3-22-25(35)9-8-20-15-21(44)16-23(28(20)22)30-29(36)31-24(18-39-30)32(43-14-4-7-26(38-2)27(43)17-37)41-33(40-31)45-19-34-10-5-12-42(34)13-6-11-34/h1,8-9,15-18,44H,4-7,10-14,19,37H2,2H3/b27-17+,38-26?. The van der Waals surface area contributed by atoms with E-state index < -0.39 is 11.6 Å². The van der Waals surface area contributed by atoms with Crippen LogP contribution in [0.1, 0.15) is 44.1 Å². The molecule has 7 rings (SSSR count). The number of aliphatic imine (C=N–C) groups is 1. The average Bonchev–Trinajstić information content (AvgIpc) is 3.64. The van der Waals surface area contributed by atoms with E-state index in [0.717, 1.165) is 57.3 Å². The molecule has 0 radical (unpaired) electrons. The van der Waals surface area contributed by atoms with Gasteiger partial charge in [-0.1, -0.05) is 12.0 Å². The van der Waals surface area contributed by atoms with Gasteiger partial charge in [-0.25, -0.2) is 8.78 Å². The predicted molar refractivity (Wildman–Crippen MR) is 170 cm³/mol. The first-order chi connectivity index (χ1) is 21.9. The van der Waals surface area contributed by atoms with Gasteiger partial charge in [0.05, 0.1) is 27.9 Å². The number of aromatic hydroxyl groups is 1. The highest BCUT2D eigenvalue weighted by Crippen LogP contribution is 2.41. The number of allylic oxidation sites excluding steroid dienone is 1. The van der Waals surface area contributed by atoms with E-state index >= 15 is 4.39 Å². The van der Waals surface area contributed by atoms with E-state index in [-0.39, 0.29) is 45.0 Å². The van der Waals surface area contributed by atoms with Crippen molar-refractivity contribution in [3.05, 3.63) is 59.6 Å². The number of terminal acetylenes is 1. The fourth-order valence-electron chi connectivity index (χ4n) is 7.33. The Morgan fingerprint density at radius 3 is 2.69 bits per heavy atom. The van der Waals surface area contributed by atoms with Crippen LogP contribution in [0.3, 0.4) is 0 Å². The molecule has 2 aromatic carbocycles. The Labute approximate surface area is 259 Å². The van der Waals surface area contributed by atoms with Crippen LogP contribution in [0, 0.1) is 24.0 Å². The maximum absolute atomic E-state index is 16.8. The summed E-state index contributed by atoms with van der Waals surface area (Å²) in [7, 11) is 1.71. The molecule has 0 atom stereocenters. The SMILES string of the molecule is C#Cc1c(F)ccc2cc(O)cc(-c3ncc4c(N5CCCC(=NC)/C5=C\N)nc(OCC56CCCN5CCC6)nc4c3F)c12. The molecule has 0 unspecified atom stereocenters. The molecule has 230 valence electrons. The normalized spacial score (nSPS) is 19.9.